The van der Waals surface area contributed by atoms with Gasteiger partial charge in [0, 0.05) is 11.4 Å². The van der Waals surface area contributed by atoms with Gasteiger partial charge < -0.3 is 4.52 Å². The molecule has 0 aliphatic rings. The normalized spacial score (nSPS) is 11.8. The minimum absolute atomic E-state index is 0.141. The molecule has 0 atom stereocenters. The Hall–Kier alpha value is -1.31. The minimum atomic E-state index is -3.58. The van der Waals surface area contributed by atoms with Crippen molar-refractivity contribution < 1.29 is 12.9 Å². The first-order valence-electron chi connectivity index (χ1n) is 7.08. The van der Waals surface area contributed by atoms with E-state index in [0.717, 1.165) is 11.3 Å². The largest absolute Gasteiger partial charge is 0.360 e. The van der Waals surface area contributed by atoms with Gasteiger partial charge in [0.1, 0.15) is 10.6 Å². The van der Waals surface area contributed by atoms with E-state index in [2.05, 4.69) is 28.9 Å². The fourth-order valence-electron chi connectivity index (χ4n) is 2.18. The zero-order valence-corrected chi connectivity index (χ0v) is 14.6. The maximum Gasteiger partial charge on any atom is 0.245 e. The Balaban J connectivity index is 1.95. The summed E-state index contributed by atoms with van der Waals surface area (Å²) in [5.74, 6) is 1.35. The topological polar surface area (TPSA) is 72.2 Å². The third kappa shape index (κ3) is 4.12. The number of benzene rings is 1. The molecular formula is C15H20N2O3S2. The van der Waals surface area contributed by atoms with E-state index in [1.54, 1.807) is 25.6 Å². The molecule has 0 saturated heterocycles. The summed E-state index contributed by atoms with van der Waals surface area (Å²) >= 11 is 1.78. The van der Waals surface area contributed by atoms with Gasteiger partial charge in [0.15, 0.2) is 5.76 Å². The molecule has 1 aromatic heterocycles. The molecule has 2 aromatic rings. The number of hydrogen-bond donors (Lipinski definition) is 1. The van der Waals surface area contributed by atoms with E-state index < -0.39 is 10.0 Å². The van der Waals surface area contributed by atoms with Gasteiger partial charge in [-0.2, -0.15) is 0 Å². The lowest BCUT2D eigenvalue weighted by molar-refractivity contribution is 0.390. The number of nitrogens with zero attached hydrogens (tertiary/aromatic N) is 1. The summed E-state index contributed by atoms with van der Waals surface area (Å²) < 4.78 is 32.0. The zero-order valence-electron chi connectivity index (χ0n) is 12.9. The molecule has 1 aromatic carbocycles. The number of sulfonamides is 1. The predicted molar refractivity (Wildman–Crippen MR) is 87.7 cm³/mol. The monoisotopic (exact) mass is 340 g/mol. The van der Waals surface area contributed by atoms with Crippen LogP contribution in [0.5, 0.6) is 0 Å². The molecule has 0 radical (unpaired) electrons. The number of nitrogens with one attached hydrogen (secondary N) is 1. The van der Waals surface area contributed by atoms with Crippen molar-refractivity contribution in [3.63, 3.8) is 0 Å². The van der Waals surface area contributed by atoms with Crippen molar-refractivity contribution in [3.8, 4) is 0 Å². The van der Waals surface area contributed by atoms with Crippen LogP contribution in [0.4, 0.5) is 0 Å². The van der Waals surface area contributed by atoms with Crippen LogP contribution in [0.3, 0.4) is 0 Å². The Bertz CT molecular complexity index is 702. The van der Waals surface area contributed by atoms with Gasteiger partial charge in [-0.15, -0.1) is 11.8 Å². The quantitative estimate of drug-likeness (QED) is 0.785. The number of thioether (sulfide) groups is 1. The molecule has 0 amide bonds. The third-order valence-corrected chi connectivity index (χ3v) is 5.78. The highest BCUT2D eigenvalue weighted by Gasteiger charge is 2.23. The van der Waals surface area contributed by atoms with E-state index in [1.165, 1.54) is 4.90 Å². The van der Waals surface area contributed by atoms with Gasteiger partial charge in [-0.1, -0.05) is 24.2 Å². The molecule has 0 spiro atoms. The highest BCUT2D eigenvalue weighted by Crippen LogP contribution is 2.19. The molecule has 1 N–H and O–H groups in total. The SMILES string of the molecule is CCSc1ccc(CCNS(=O)(=O)c2c(C)noc2C)cc1. The van der Waals surface area contributed by atoms with Gasteiger partial charge in [-0.05, 0) is 43.7 Å². The third-order valence-electron chi connectivity index (χ3n) is 3.18. The van der Waals surface area contributed by atoms with Crippen molar-refractivity contribution in [2.75, 3.05) is 12.3 Å². The lowest BCUT2D eigenvalue weighted by Crippen LogP contribution is -2.26. The maximum absolute atomic E-state index is 12.3. The average Bonchev–Trinajstić information content (AvgIpc) is 2.81. The van der Waals surface area contributed by atoms with Crippen molar-refractivity contribution in [2.24, 2.45) is 0 Å². The number of aryl methyl sites for hydroxylation is 2. The molecule has 22 heavy (non-hydrogen) atoms. The predicted octanol–water partition coefficient (Wildman–Crippen LogP) is 2.92. The summed E-state index contributed by atoms with van der Waals surface area (Å²) in [6.45, 7) is 5.67. The Morgan fingerprint density at radius 2 is 1.91 bits per heavy atom. The van der Waals surface area contributed by atoms with Gasteiger partial charge in [-0.25, -0.2) is 13.1 Å². The van der Waals surface area contributed by atoms with Gasteiger partial charge >= 0.3 is 0 Å². The van der Waals surface area contributed by atoms with E-state index in [1.807, 2.05) is 12.1 Å². The maximum atomic E-state index is 12.3. The molecule has 0 fully saturated rings. The van der Waals surface area contributed by atoms with E-state index >= 15 is 0 Å². The number of hydrogen-bond acceptors (Lipinski definition) is 5. The van der Waals surface area contributed by atoms with Crippen LogP contribution in [0, 0.1) is 13.8 Å². The Morgan fingerprint density at radius 3 is 2.45 bits per heavy atom. The summed E-state index contributed by atoms with van der Waals surface area (Å²) in [7, 11) is -3.58. The van der Waals surface area contributed by atoms with Crippen LogP contribution in [-0.2, 0) is 16.4 Å². The molecule has 5 nitrogen and oxygen atoms in total. The molecule has 0 bridgehead atoms. The number of rotatable bonds is 7. The van der Waals surface area contributed by atoms with E-state index in [0.29, 0.717) is 24.4 Å². The van der Waals surface area contributed by atoms with Crippen molar-refractivity contribution in [1.82, 2.24) is 9.88 Å². The Morgan fingerprint density at radius 1 is 1.23 bits per heavy atom. The van der Waals surface area contributed by atoms with Crippen LogP contribution in [0.2, 0.25) is 0 Å². The second kappa shape index (κ2) is 7.30. The highest BCUT2D eigenvalue weighted by atomic mass is 32.2. The van der Waals surface area contributed by atoms with Crippen LogP contribution in [0.25, 0.3) is 0 Å². The molecule has 120 valence electrons. The first-order valence-corrected chi connectivity index (χ1v) is 9.55. The van der Waals surface area contributed by atoms with E-state index in [9.17, 15) is 8.42 Å². The minimum Gasteiger partial charge on any atom is -0.360 e. The summed E-state index contributed by atoms with van der Waals surface area (Å²) in [6, 6.07) is 8.18. The zero-order chi connectivity index (χ0) is 16.2. The summed E-state index contributed by atoms with van der Waals surface area (Å²) in [6.07, 6.45) is 0.639. The Kier molecular flexibility index (Phi) is 5.66. The van der Waals surface area contributed by atoms with Gasteiger partial charge in [0.2, 0.25) is 10.0 Å². The fraction of sp³-hybridized carbons (Fsp3) is 0.400. The van der Waals surface area contributed by atoms with Gasteiger partial charge in [0.25, 0.3) is 0 Å². The van der Waals surface area contributed by atoms with E-state index in [4.69, 9.17) is 4.52 Å². The molecule has 0 aliphatic carbocycles. The van der Waals surface area contributed by atoms with Gasteiger partial charge in [-0.3, -0.25) is 0 Å². The molecule has 0 saturated carbocycles. The molecular weight excluding hydrogens is 320 g/mol. The van der Waals surface area contributed by atoms with Crippen LogP contribution < -0.4 is 4.72 Å². The summed E-state index contributed by atoms with van der Waals surface area (Å²) in [4.78, 5) is 1.37. The number of aromatic nitrogens is 1. The summed E-state index contributed by atoms with van der Waals surface area (Å²) in [5, 5.41) is 3.68. The van der Waals surface area contributed by atoms with Crippen LogP contribution in [0.15, 0.2) is 38.6 Å². The second-order valence-electron chi connectivity index (χ2n) is 4.88. The lowest BCUT2D eigenvalue weighted by atomic mass is 10.2. The van der Waals surface area contributed by atoms with E-state index in [-0.39, 0.29) is 4.90 Å². The Labute approximate surface area is 135 Å². The highest BCUT2D eigenvalue weighted by molar-refractivity contribution is 7.99. The van der Waals surface area contributed by atoms with Crippen LogP contribution in [-0.4, -0.2) is 25.9 Å². The molecule has 2 rings (SSSR count). The smallest absolute Gasteiger partial charge is 0.245 e. The average molecular weight is 340 g/mol. The summed E-state index contributed by atoms with van der Waals surface area (Å²) in [5.41, 5.74) is 1.48. The van der Waals surface area contributed by atoms with Crippen molar-refractivity contribution in [2.45, 2.75) is 37.0 Å². The van der Waals surface area contributed by atoms with Crippen molar-refractivity contribution >= 4 is 21.8 Å². The molecule has 0 aliphatic heterocycles. The fourth-order valence-corrected chi connectivity index (χ4v) is 4.20. The first-order chi connectivity index (χ1) is 10.4. The van der Waals surface area contributed by atoms with Gasteiger partial charge in [0.05, 0.1) is 0 Å². The van der Waals surface area contributed by atoms with Crippen LogP contribution >= 0.6 is 11.8 Å². The van der Waals surface area contributed by atoms with Crippen molar-refractivity contribution in [3.05, 3.63) is 41.3 Å². The molecule has 0 unspecified atom stereocenters. The standard InChI is InChI=1S/C15H20N2O3S2/c1-4-21-14-7-5-13(6-8-14)9-10-16-22(18,19)15-11(2)17-20-12(15)3/h5-8,16H,4,9-10H2,1-3H3. The molecule has 1 heterocycles. The van der Waals surface area contributed by atoms with Crippen LogP contribution in [0.1, 0.15) is 23.9 Å². The second-order valence-corrected chi connectivity index (χ2v) is 7.92. The lowest BCUT2D eigenvalue weighted by Gasteiger charge is -2.07. The first kappa shape index (κ1) is 17.1. The molecule has 7 heteroatoms. The van der Waals surface area contributed by atoms with Crippen molar-refractivity contribution in [1.29, 1.82) is 0 Å².